The Morgan fingerprint density at radius 3 is 2.54 bits per heavy atom. The second-order valence-electron chi connectivity index (χ2n) is 4.76. The van der Waals surface area contributed by atoms with Crippen molar-refractivity contribution >= 4 is 0 Å². The van der Waals surface area contributed by atoms with Gasteiger partial charge in [0.05, 0.1) is 0 Å². The molecule has 3 heterocycles. The molecule has 1 N–H and O–H groups in total. The van der Waals surface area contributed by atoms with Crippen molar-refractivity contribution in [3.63, 3.8) is 0 Å². The number of nitrogens with zero attached hydrogens (tertiary/aromatic N) is 1. The topological polar surface area (TPSA) is 15.3 Å². The fourth-order valence-electron chi connectivity index (χ4n) is 3.22. The van der Waals surface area contributed by atoms with Gasteiger partial charge in [-0.25, -0.2) is 0 Å². The molecule has 2 bridgehead atoms. The summed E-state index contributed by atoms with van der Waals surface area (Å²) in [6.45, 7) is 8.22. The van der Waals surface area contributed by atoms with E-state index in [9.17, 15) is 0 Å². The molecule has 0 aromatic carbocycles. The van der Waals surface area contributed by atoms with Crippen LogP contribution in [0.25, 0.3) is 0 Å². The molecule has 0 amide bonds. The Bertz CT molecular complexity index is 171. The molecule has 3 atom stereocenters. The summed E-state index contributed by atoms with van der Waals surface area (Å²) in [7, 11) is 0. The van der Waals surface area contributed by atoms with Crippen LogP contribution < -0.4 is 5.32 Å². The zero-order valence-electron chi connectivity index (χ0n) is 9.09. The van der Waals surface area contributed by atoms with E-state index in [1.54, 1.807) is 0 Å². The van der Waals surface area contributed by atoms with Crippen molar-refractivity contribution in [2.24, 2.45) is 0 Å². The Labute approximate surface area is 81.7 Å². The Balaban J connectivity index is 2.14. The molecule has 2 heteroatoms. The smallest absolute Gasteiger partial charge is 0.0252 e. The van der Waals surface area contributed by atoms with Gasteiger partial charge in [0, 0.05) is 30.7 Å². The van der Waals surface area contributed by atoms with Gasteiger partial charge in [0.25, 0.3) is 0 Å². The molecule has 3 rings (SSSR count). The van der Waals surface area contributed by atoms with Crippen LogP contribution >= 0.6 is 0 Å². The van der Waals surface area contributed by atoms with Crippen molar-refractivity contribution in [2.75, 3.05) is 6.54 Å². The molecule has 3 aliphatic rings. The molecule has 3 saturated heterocycles. The number of piperidine rings is 2. The SMILES string of the molecule is CC[C@@H]1[C@@H]2CC[C@@H](CN2)N1C(C)C. The van der Waals surface area contributed by atoms with Crippen LogP contribution in [-0.2, 0) is 0 Å². The molecule has 0 radical (unpaired) electrons. The fourth-order valence-corrected chi connectivity index (χ4v) is 3.22. The van der Waals surface area contributed by atoms with Crippen LogP contribution in [-0.4, -0.2) is 35.6 Å². The summed E-state index contributed by atoms with van der Waals surface area (Å²) in [5.41, 5.74) is 0. The highest BCUT2D eigenvalue weighted by Crippen LogP contribution is 2.30. The minimum absolute atomic E-state index is 0.722. The van der Waals surface area contributed by atoms with Crippen molar-refractivity contribution in [3.8, 4) is 0 Å². The van der Waals surface area contributed by atoms with E-state index in [2.05, 4.69) is 31.0 Å². The molecule has 0 aliphatic carbocycles. The van der Waals surface area contributed by atoms with Crippen molar-refractivity contribution in [2.45, 2.75) is 64.2 Å². The summed E-state index contributed by atoms with van der Waals surface area (Å²) in [4.78, 5) is 2.74. The first kappa shape index (κ1) is 9.47. The summed E-state index contributed by atoms with van der Waals surface area (Å²) in [5, 5.41) is 3.66. The molecule has 3 fully saturated rings. The van der Waals surface area contributed by atoms with E-state index in [0.717, 1.165) is 24.2 Å². The quantitative estimate of drug-likeness (QED) is 0.698. The monoisotopic (exact) mass is 182 g/mol. The predicted octanol–water partition coefficient (Wildman–Crippen LogP) is 1.61. The lowest BCUT2D eigenvalue weighted by atomic mass is 9.84. The standard InChI is InChI=1S/C11H22N2/c1-4-11-10-6-5-9(7-12-10)13(11)8(2)3/h8-12H,4-7H2,1-3H3/t9-,10-,11+/m0/s1. The molecule has 0 aromatic heterocycles. The van der Waals surface area contributed by atoms with Gasteiger partial charge in [-0.3, -0.25) is 4.90 Å². The van der Waals surface area contributed by atoms with E-state index in [1.807, 2.05) is 0 Å². The number of hydrogen-bond donors (Lipinski definition) is 1. The van der Waals surface area contributed by atoms with E-state index in [0.29, 0.717) is 0 Å². The van der Waals surface area contributed by atoms with Gasteiger partial charge < -0.3 is 5.32 Å². The van der Waals surface area contributed by atoms with Crippen LogP contribution in [0.5, 0.6) is 0 Å². The van der Waals surface area contributed by atoms with Crippen LogP contribution in [0.1, 0.15) is 40.0 Å². The van der Waals surface area contributed by atoms with Crippen LogP contribution in [0.4, 0.5) is 0 Å². The first-order valence-electron chi connectivity index (χ1n) is 5.74. The maximum Gasteiger partial charge on any atom is 0.0252 e. The van der Waals surface area contributed by atoms with Gasteiger partial charge in [-0.2, -0.15) is 0 Å². The first-order chi connectivity index (χ1) is 6.24. The lowest BCUT2D eigenvalue weighted by molar-refractivity contribution is -0.0104. The highest BCUT2D eigenvalue weighted by Gasteiger charge is 2.41. The Morgan fingerprint density at radius 2 is 2.15 bits per heavy atom. The summed E-state index contributed by atoms with van der Waals surface area (Å²) in [6, 6.07) is 3.11. The number of rotatable bonds is 2. The Kier molecular flexibility index (Phi) is 2.61. The summed E-state index contributed by atoms with van der Waals surface area (Å²) in [5.74, 6) is 0. The van der Waals surface area contributed by atoms with E-state index in [1.165, 1.54) is 25.8 Å². The minimum atomic E-state index is 0.722. The molecule has 0 unspecified atom stereocenters. The highest BCUT2D eigenvalue weighted by atomic mass is 15.3. The summed E-state index contributed by atoms with van der Waals surface area (Å²) in [6.07, 6.45) is 4.10. The Morgan fingerprint density at radius 1 is 1.38 bits per heavy atom. The number of nitrogens with one attached hydrogen (secondary N) is 1. The molecule has 0 spiro atoms. The van der Waals surface area contributed by atoms with Crippen LogP contribution in [0.15, 0.2) is 0 Å². The largest absolute Gasteiger partial charge is 0.311 e. The van der Waals surface area contributed by atoms with Gasteiger partial charge in [0.15, 0.2) is 0 Å². The van der Waals surface area contributed by atoms with Crippen LogP contribution in [0.2, 0.25) is 0 Å². The van der Waals surface area contributed by atoms with Gasteiger partial charge in [-0.1, -0.05) is 6.92 Å². The van der Waals surface area contributed by atoms with Crippen molar-refractivity contribution < 1.29 is 0 Å². The van der Waals surface area contributed by atoms with Crippen molar-refractivity contribution in [1.29, 1.82) is 0 Å². The van der Waals surface area contributed by atoms with E-state index in [4.69, 9.17) is 0 Å². The van der Waals surface area contributed by atoms with Gasteiger partial charge in [0.1, 0.15) is 0 Å². The lowest BCUT2D eigenvalue weighted by Gasteiger charge is -2.53. The van der Waals surface area contributed by atoms with Gasteiger partial charge >= 0.3 is 0 Å². The van der Waals surface area contributed by atoms with Crippen molar-refractivity contribution in [1.82, 2.24) is 10.2 Å². The van der Waals surface area contributed by atoms with E-state index >= 15 is 0 Å². The third kappa shape index (κ3) is 1.50. The van der Waals surface area contributed by atoms with Gasteiger partial charge in [0.2, 0.25) is 0 Å². The normalized spacial score (nSPS) is 40.2. The summed E-state index contributed by atoms with van der Waals surface area (Å²) >= 11 is 0. The maximum absolute atomic E-state index is 3.66. The average molecular weight is 182 g/mol. The highest BCUT2D eigenvalue weighted by molar-refractivity contribution is 5.00. The second kappa shape index (κ2) is 3.58. The summed E-state index contributed by atoms with van der Waals surface area (Å²) < 4.78 is 0. The van der Waals surface area contributed by atoms with Crippen molar-refractivity contribution in [3.05, 3.63) is 0 Å². The fraction of sp³-hybridized carbons (Fsp3) is 1.00. The molecule has 0 aromatic rings. The molecular weight excluding hydrogens is 160 g/mol. The zero-order valence-corrected chi connectivity index (χ0v) is 9.09. The third-order valence-corrected chi connectivity index (χ3v) is 3.71. The third-order valence-electron chi connectivity index (χ3n) is 3.71. The molecule has 76 valence electrons. The predicted molar refractivity (Wildman–Crippen MR) is 55.9 cm³/mol. The maximum atomic E-state index is 3.66. The minimum Gasteiger partial charge on any atom is -0.311 e. The molecule has 3 aliphatic heterocycles. The van der Waals surface area contributed by atoms with Crippen LogP contribution in [0.3, 0.4) is 0 Å². The number of piperazine rings is 1. The average Bonchev–Trinajstić information content (AvgIpc) is 2.17. The molecule has 0 saturated carbocycles. The van der Waals surface area contributed by atoms with E-state index in [-0.39, 0.29) is 0 Å². The zero-order chi connectivity index (χ0) is 9.42. The molecule has 2 nitrogen and oxygen atoms in total. The lowest BCUT2D eigenvalue weighted by Crippen LogP contribution is -2.67. The molecular formula is C11H22N2. The second-order valence-corrected chi connectivity index (χ2v) is 4.76. The van der Waals surface area contributed by atoms with Gasteiger partial charge in [-0.05, 0) is 33.1 Å². The Hall–Kier alpha value is -0.0800. The number of fused-ring (bicyclic) bond motifs is 3. The van der Waals surface area contributed by atoms with Crippen LogP contribution in [0, 0.1) is 0 Å². The molecule has 13 heavy (non-hydrogen) atoms. The first-order valence-corrected chi connectivity index (χ1v) is 5.74. The van der Waals surface area contributed by atoms with E-state index < -0.39 is 0 Å². The van der Waals surface area contributed by atoms with Gasteiger partial charge in [-0.15, -0.1) is 0 Å². The number of hydrogen-bond acceptors (Lipinski definition) is 2.